The molecule has 0 aliphatic carbocycles. The van der Waals surface area contributed by atoms with Gasteiger partial charge in [0.1, 0.15) is 0 Å². The molecule has 5 heteroatoms. The van der Waals surface area contributed by atoms with Crippen molar-refractivity contribution in [1.29, 1.82) is 0 Å². The van der Waals surface area contributed by atoms with Gasteiger partial charge in [0.05, 0.1) is 5.69 Å². The van der Waals surface area contributed by atoms with E-state index in [-0.39, 0.29) is 0 Å². The standard InChI is InChI=1S/C13H9Br3IN/c14-9-5-11(15)13(12(16)6-9)18-7-8-1-3-10(17)4-2-8/h1-6,18H,7H2. The van der Waals surface area contributed by atoms with Crippen molar-refractivity contribution in [3.63, 3.8) is 0 Å². The lowest BCUT2D eigenvalue weighted by molar-refractivity contribution is 1.14. The van der Waals surface area contributed by atoms with E-state index in [1.54, 1.807) is 0 Å². The Bertz CT molecular complexity index is 532. The molecule has 0 bridgehead atoms. The summed E-state index contributed by atoms with van der Waals surface area (Å²) >= 11 is 12.9. The van der Waals surface area contributed by atoms with Gasteiger partial charge in [-0.3, -0.25) is 0 Å². The van der Waals surface area contributed by atoms with Crippen LogP contribution in [-0.4, -0.2) is 0 Å². The average Bonchev–Trinajstić information content (AvgIpc) is 2.30. The van der Waals surface area contributed by atoms with Gasteiger partial charge in [0.2, 0.25) is 0 Å². The lowest BCUT2D eigenvalue weighted by Gasteiger charge is -2.11. The summed E-state index contributed by atoms with van der Waals surface area (Å²) < 4.78 is 4.37. The third-order valence-electron chi connectivity index (χ3n) is 2.39. The molecule has 0 aliphatic rings. The SMILES string of the molecule is Brc1cc(Br)c(NCc2ccc(I)cc2)c(Br)c1. The zero-order chi connectivity index (χ0) is 13.1. The van der Waals surface area contributed by atoms with Crippen molar-refractivity contribution in [3.05, 3.63) is 58.9 Å². The highest BCUT2D eigenvalue weighted by atomic mass is 127. The average molecular weight is 546 g/mol. The van der Waals surface area contributed by atoms with E-state index in [1.165, 1.54) is 9.13 Å². The van der Waals surface area contributed by atoms with Gasteiger partial charge in [0, 0.05) is 23.5 Å². The fraction of sp³-hybridized carbons (Fsp3) is 0.0769. The molecule has 94 valence electrons. The van der Waals surface area contributed by atoms with Crippen LogP contribution >= 0.6 is 70.4 Å². The van der Waals surface area contributed by atoms with Gasteiger partial charge in [-0.2, -0.15) is 0 Å². The number of rotatable bonds is 3. The fourth-order valence-corrected chi connectivity index (χ4v) is 4.40. The molecular formula is C13H9Br3IN. The van der Waals surface area contributed by atoms with Gasteiger partial charge in [-0.15, -0.1) is 0 Å². The molecule has 0 saturated carbocycles. The Hall–Kier alpha value is 0.410. The first-order chi connectivity index (χ1) is 8.56. The van der Waals surface area contributed by atoms with Crippen molar-refractivity contribution in [3.8, 4) is 0 Å². The Labute approximate surface area is 145 Å². The van der Waals surface area contributed by atoms with Crippen LogP contribution in [0.5, 0.6) is 0 Å². The third-order valence-corrected chi connectivity index (χ3v) is 4.82. The number of anilines is 1. The van der Waals surface area contributed by atoms with Gasteiger partial charge in [-0.1, -0.05) is 28.1 Å². The van der Waals surface area contributed by atoms with Crippen molar-refractivity contribution >= 4 is 76.1 Å². The third kappa shape index (κ3) is 3.95. The number of hydrogen-bond acceptors (Lipinski definition) is 1. The second kappa shape index (κ2) is 6.72. The van der Waals surface area contributed by atoms with Gasteiger partial charge in [0.25, 0.3) is 0 Å². The number of hydrogen-bond donors (Lipinski definition) is 1. The molecule has 0 aliphatic heterocycles. The van der Waals surface area contributed by atoms with Crippen molar-refractivity contribution in [2.24, 2.45) is 0 Å². The van der Waals surface area contributed by atoms with Crippen molar-refractivity contribution < 1.29 is 0 Å². The van der Waals surface area contributed by atoms with Crippen LogP contribution in [0.25, 0.3) is 0 Å². The minimum Gasteiger partial charge on any atom is -0.379 e. The summed E-state index contributed by atoms with van der Waals surface area (Å²) in [5, 5.41) is 3.43. The Balaban J connectivity index is 2.13. The quantitative estimate of drug-likeness (QED) is 0.454. The monoisotopic (exact) mass is 543 g/mol. The van der Waals surface area contributed by atoms with Crippen molar-refractivity contribution in [1.82, 2.24) is 0 Å². The number of benzene rings is 2. The molecule has 0 amide bonds. The molecule has 1 N–H and O–H groups in total. The highest BCUT2D eigenvalue weighted by Gasteiger charge is 2.06. The zero-order valence-electron chi connectivity index (χ0n) is 9.18. The van der Waals surface area contributed by atoms with E-state index < -0.39 is 0 Å². The van der Waals surface area contributed by atoms with E-state index in [4.69, 9.17) is 0 Å². The molecule has 18 heavy (non-hydrogen) atoms. The summed E-state index contributed by atoms with van der Waals surface area (Å²) in [6, 6.07) is 12.6. The minimum atomic E-state index is 0.801. The summed E-state index contributed by atoms with van der Waals surface area (Å²) in [5.74, 6) is 0. The Morgan fingerprint density at radius 1 is 0.944 bits per heavy atom. The van der Waals surface area contributed by atoms with E-state index in [2.05, 4.69) is 100.0 Å². The maximum absolute atomic E-state index is 3.56. The molecule has 0 saturated heterocycles. The smallest absolute Gasteiger partial charge is 0.0632 e. The predicted octanol–water partition coefficient (Wildman–Crippen LogP) is 6.19. The van der Waals surface area contributed by atoms with E-state index in [9.17, 15) is 0 Å². The maximum Gasteiger partial charge on any atom is 0.0632 e. The van der Waals surface area contributed by atoms with Crippen molar-refractivity contribution in [2.45, 2.75) is 6.54 Å². The fourth-order valence-electron chi connectivity index (χ4n) is 1.50. The lowest BCUT2D eigenvalue weighted by Crippen LogP contribution is -2.01. The number of nitrogens with one attached hydrogen (secondary N) is 1. The van der Waals surface area contributed by atoms with E-state index in [1.807, 2.05) is 12.1 Å². The number of halogens is 4. The molecule has 2 rings (SSSR count). The molecule has 0 aromatic heterocycles. The molecular weight excluding hydrogens is 537 g/mol. The van der Waals surface area contributed by atoms with Crippen LogP contribution in [-0.2, 0) is 6.54 Å². The van der Waals surface area contributed by atoms with Crippen LogP contribution in [0.1, 0.15) is 5.56 Å². The van der Waals surface area contributed by atoms with Gasteiger partial charge in [-0.05, 0) is 84.3 Å². The zero-order valence-corrected chi connectivity index (χ0v) is 16.1. The van der Waals surface area contributed by atoms with Crippen LogP contribution < -0.4 is 5.32 Å². The summed E-state index contributed by atoms with van der Waals surface area (Å²) in [5.41, 5.74) is 2.33. The summed E-state index contributed by atoms with van der Waals surface area (Å²) in [6.45, 7) is 0.801. The predicted molar refractivity (Wildman–Crippen MR) is 96.0 cm³/mol. The summed E-state index contributed by atoms with van der Waals surface area (Å²) in [4.78, 5) is 0. The molecule has 2 aromatic rings. The Morgan fingerprint density at radius 3 is 2.06 bits per heavy atom. The molecule has 0 unspecified atom stereocenters. The first-order valence-electron chi connectivity index (χ1n) is 5.19. The molecule has 0 spiro atoms. The maximum atomic E-state index is 3.56. The van der Waals surface area contributed by atoms with E-state index in [0.717, 1.165) is 25.7 Å². The Kier molecular flexibility index (Phi) is 5.53. The van der Waals surface area contributed by atoms with Gasteiger partial charge >= 0.3 is 0 Å². The largest absolute Gasteiger partial charge is 0.379 e. The highest BCUT2D eigenvalue weighted by molar-refractivity contribution is 14.1. The second-order valence-corrected chi connectivity index (χ2v) is 7.59. The topological polar surface area (TPSA) is 12.0 Å². The molecule has 0 atom stereocenters. The second-order valence-electron chi connectivity index (χ2n) is 3.72. The summed E-state index contributed by atoms with van der Waals surface area (Å²) in [6.07, 6.45) is 0. The van der Waals surface area contributed by atoms with E-state index >= 15 is 0 Å². The first kappa shape index (κ1) is 14.8. The molecule has 0 radical (unpaired) electrons. The highest BCUT2D eigenvalue weighted by Crippen LogP contribution is 2.34. The lowest BCUT2D eigenvalue weighted by atomic mass is 10.2. The van der Waals surface area contributed by atoms with Crippen LogP contribution in [0.4, 0.5) is 5.69 Å². The van der Waals surface area contributed by atoms with E-state index in [0.29, 0.717) is 0 Å². The first-order valence-corrected chi connectivity index (χ1v) is 8.65. The molecule has 2 aromatic carbocycles. The van der Waals surface area contributed by atoms with Crippen LogP contribution in [0.2, 0.25) is 0 Å². The van der Waals surface area contributed by atoms with Gasteiger partial charge in [-0.25, -0.2) is 0 Å². The van der Waals surface area contributed by atoms with Crippen LogP contribution in [0.15, 0.2) is 49.8 Å². The summed E-state index contributed by atoms with van der Waals surface area (Å²) in [7, 11) is 0. The van der Waals surface area contributed by atoms with Crippen LogP contribution in [0.3, 0.4) is 0 Å². The van der Waals surface area contributed by atoms with Gasteiger partial charge < -0.3 is 5.32 Å². The Morgan fingerprint density at radius 2 is 1.50 bits per heavy atom. The molecule has 1 nitrogen and oxygen atoms in total. The van der Waals surface area contributed by atoms with Crippen molar-refractivity contribution in [2.75, 3.05) is 5.32 Å². The van der Waals surface area contributed by atoms with Crippen LogP contribution in [0, 0.1) is 3.57 Å². The molecule has 0 heterocycles. The van der Waals surface area contributed by atoms with Gasteiger partial charge in [0.15, 0.2) is 0 Å². The normalized spacial score (nSPS) is 10.4. The molecule has 0 fully saturated rings. The minimum absolute atomic E-state index is 0.801.